The van der Waals surface area contributed by atoms with Gasteiger partial charge >= 0.3 is 0 Å². The van der Waals surface area contributed by atoms with Crippen LogP contribution in [0.4, 0.5) is 0 Å². The lowest BCUT2D eigenvalue weighted by Crippen LogP contribution is -2.30. The van der Waals surface area contributed by atoms with Crippen LogP contribution in [0, 0.1) is 5.92 Å². The van der Waals surface area contributed by atoms with E-state index in [1.807, 2.05) is 0 Å². The minimum absolute atomic E-state index is 0.0566. The highest BCUT2D eigenvalue weighted by atomic mass is 16.3. The van der Waals surface area contributed by atoms with Crippen LogP contribution in [0.3, 0.4) is 0 Å². The molecule has 0 saturated heterocycles. The molecule has 1 fully saturated rings. The molecule has 2 atom stereocenters. The quantitative estimate of drug-likeness (QED) is 0.864. The molecule has 1 aliphatic rings. The maximum Gasteiger partial charge on any atom is 0.0543 e. The van der Waals surface area contributed by atoms with Crippen molar-refractivity contribution in [2.75, 3.05) is 13.6 Å². The van der Waals surface area contributed by atoms with Crippen LogP contribution >= 0.6 is 0 Å². The summed E-state index contributed by atoms with van der Waals surface area (Å²) < 4.78 is 0. The second-order valence-corrected chi connectivity index (χ2v) is 5.37. The second kappa shape index (κ2) is 6.18. The Hall–Kier alpha value is -0.860. The van der Waals surface area contributed by atoms with Gasteiger partial charge in [-0.1, -0.05) is 36.8 Å². The summed E-state index contributed by atoms with van der Waals surface area (Å²) in [5, 5.41) is 9.66. The fraction of sp³-hybridized carbons (Fsp3) is 0.600. The van der Waals surface area contributed by atoms with Gasteiger partial charge in [0.1, 0.15) is 0 Å². The maximum atomic E-state index is 9.66. The molecule has 0 bridgehead atoms. The SMILES string of the molecule is CN(Cc1ccccc1)CC1CCCC(O)C1. The largest absolute Gasteiger partial charge is 0.393 e. The summed E-state index contributed by atoms with van der Waals surface area (Å²) in [5.74, 6) is 0.674. The van der Waals surface area contributed by atoms with Crippen LogP contribution in [-0.2, 0) is 6.54 Å². The van der Waals surface area contributed by atoms with Crippen molar-refractivity contribution in [1.29, 1.82) is 0 Å². The fourth-order valence-corrected chi connectivity index (χ4v) is 2.83. The number of aliphatic hydroxyl groups is 1. The molecule has 0 amide bonds. The van der Waals surface area contributed by atoms with Crippen LogP contribution in [-0.4, -0.2) is 29.7 Å². The standard InChI is InChI=1S/C15H23NO/c1-16(11-13-6-3-2-4-7-13)12-14-8-5-9-15(17)10-14/h2-4,6-7,14-15,17H,5,8-12H2,1H3. The van der Waals surface area contributed by atoms with Crippen molar-refractivity contribution in [1.82, 2.24) is 4.90 Å². The van der Waals surface area contributed by atoms with E-state index in [1.165, 1.54) is 18.4 Å². The van der Waals surface area contributed by atoms with Crippen molar-refractivity contribution in [2.24, 2.45) is 5.92 Å². The van der Waals surface area contributed by atoms with Crippen LogP contribution < -0.4 is 0 Å². The molecule has 2 nitrogen and oxygen atoms in total. The molecule has 1 aromatic rings. The molecule has 2 rings (SSSR count). The van der Waals surface area contributed by atoms with E-state index in [1.54, 1.807) is 0 Å². The third-order valence-corrected chi connectivity index (χ3v) is 3.62. The first kappa shape index (κ1) is 12.6. The van der Waals surface area contributed by atoms with Crippen LogP contribution in [0.2, 0.25) is 0 Å². The normalized spacial score (nSPS) is 25.1. The minimum atomic E-state index is -0.0566. The summed E-state index contributed by atoms with van der Waals surface area (Å²) in [6.07, 6.45) is 4.39. The molecule has 1 aromatic carbocycles. The zero-order valence-corrected chi connectivity index (χ0v) is 10.7. The molecular weight excluding hydrogens is 210 g/mol. The third kappa shape index (κ3) is 4.14. The molecule has 0 aromatic heterocycles. The lowest BCUT2D eigenvalue weighted by atomic mass is 9.87. The number of nitrogens with zero attached hydrogens (tertiary/aromatic N) is 1. The van der Waals surface area contributed by atoms with Crippen LogP contribution in [0.1, 0.15) is 31.2 Å². The summed E-state index contributed by atoms with van der Waals surface area (Å²) >= 11 is 0. The van der Waals surface area contributed by atoms with Gasteiger partial charge in [-0.3, -0.25) is 0 Å². The average Bonchev–Trinajstić information content (AvgIpc) is 2.30. The van der Waals surface area contributed by atoms with Gasteiger partial charge in [-0.25, -0.2) is 0 Å². The van der Waals surface area contributed by atoms with Crippen molar-refractivity contribution in [3.63, 3.8) is 0 Å². The van der Waals surface area contributed by atoms with E-state index in [4.69, 9.17) is 0 Å². The van der Waals surface area contributed by atoms with Crippen LogP contribution in [0.5, 0.6) is 0 Å². The lowest BCUT2D eigenvalue weighted by Gasteiger charge is -2.29. The molecule has 17 heavy (non-hydrogen) atoms. The first-order valence-electron chi connectivity index (χ1n) is 6.64. The highest BCUT2D eigenvalue weighted by Crippen LogP contribution is 2.25. The zero-order valence-electron chi connectivity index (χ0n) is 10.7. The first-order chi connectivity index (χ1) is 8.24. The fourth-order valence-electron chi connectivity index (χ4n) is 2.83. The Morgan fingerprint density at radius 3 is 2.71 bits per heavy atom. The Kier molecular flexibility index (Phi) is 4.57. The van der Waals surface area contributed by atoms with Crippen LogP contribution in [0.15, 0.2) is 30.3 Å². The van der Waals surface area contributed by atoms with Gasteiger partial charge in [-0.2, -0.15) is 0 Å². The third-order valence-electron chi connectivity index (χ3n) is 3.62. The smallest absolute Gasteiger partial charge is 0.0543 e. The number of hydrogen-bond donors (Lipinski definition) is 1. The molecular formula is C15H23NO. The van der Waals surface area contributed by atoms with E-state index in [9.17, 15) is 5.11 Å². The molecule has 0 aliphatic heterocycles. The maximum absolute atomic E-state index is 9.66. The van der Waals surface area contributed by atoms with Gasteiger partial charge in [0.05, 0.1) is 6.10 Å². The Labute approximate surface area is 104 Å². The number of benzene rings is 1. The second-order valence-electron chi connectivity index (χ2n) is 5.37. The van der Waals surface area contributed by atoms with E-state index in [0.29, 0.717) is 5.92 Å². The molecule has 1 saturated carbocycles. The topological polar surface area (TPSA) is 23.5 Å². The van der Waals surface area contributed by atoms with E-state index < -0.39 is 0 Å². The van der Waals surface area contributed by atoms with Crippen LogP contribution in [0.25, 0.3) is 0 Å². The molecule has 94 valence electrons. The Morgan fingerprint density at radius 2 is 2.00 bits per heavy atom. The number of rotatable bonds is 4. The molecule has 2 unspecified atom stereocenters. The van der Waals surface area contributed by atoms with Crippen molar-refractivity contribution in [3.05, 3.63) is 35.9 Å². The predicted octanol–water partition coefficient (Wildman–Crippen LogP) is 2.67. The first-order valence-corrected chi connectivity index (χ1v) is 6.64. The van der Waals surface area contributed by atoms with Crippen molar-refractivity contribution in [2.45, 2.75) is 38.3 Å². The van der Waals surface area contributed by atoms with E-state index in [2.05, 4.69) is 42.3 Å². The van der Waals surface area contributed by atoms with Crippen molar-refractivity contribution >= 4 is 0 Å². The van der Waals surface area contributed by atoms with Gasteiger partial charge in [0.15, 0.2) is 0 Å². The highest BCUT2D eigenvalue weighted by Gasteiger charge is 2.21. The minimum Gasteiger partial charge on any atom is -0.393 e. The number of aliphatic hydroxyl groups excluding tert-OH is 1. The van der Waals surface area contributed by atoms with Gasteiger partial charge in [-0.15, -0.1) is 0 Å². The molecule has 0 spiro atoms. The summed E-state index contributed by atoms with van der Waals surface area (Å²) in [4.78, 5) is 2.37. The zero-order chi connectivity index (χ0) is 12.1. The molecule has 0 radical (unpaired) electrons. The van der Waals surface area contributed by atoms with Gasteiger partial charge in [-0.05, 0) is 37.8 Å². The van der Waals surface area contributed by atoms with Crippen molar-refractivity contribution in [3.8, 4) is 0 Å². The van der Waals surface area contributed by atoms with Gasteiger partial charge in [0.2, 0.25) is 0 Å². The van der Waals surface area contributed by atoms with E-state index in [0.717, 1.165) is 25.9 Å². The molecule has 2 heteroatoms. The van der Waals surface area contributed by atoms with E-state index >= 15 is 0 Å². The van der Waals surface area contributed by atoms with Gasteiger partial charge in [0.25, 0.3) is 0 Å². The molecule has 1 N–H and O–H groups in total. The Bertz CT molecular complexity index is 325. The summed E-state index contributed by atoms with van der Waals surface area (Å²) in [6, 6.07) is 10.6. The summed E-state index contributed by atoms with van der Waals surface area (Å²) in [5.41, 5.74) is 1.37. The predicted molar refractivity (Wildman–Crippen MR) is 70.7 cm³/mol. The summed E-state index contributed by atoms with van der Waals surface area (Å²) in [7, 11) is 2.17. The van der Waals surface area contributed by atoms with E-state index in [-0.39, 0.29) is 6.10 Å². The van der Waals surface area contributed by atoms with Gasteiger partial charge in [0, 0.05) is 13.1 Å². The average molecular weight is 233 g/mol. The number of hydrogen-bond acceptors (Lipinski definition) is 2. The summed E-state index contributed by atoms with van der Waals surface area (Å²) in [6.45, 7) is 2.11. The molecule has 0 heterocycles. The monoisotopic (exact) mass is 233 g/mol. The molecule has 1 aliphatic carbocycles. The highest BCUT2D eigenvalue weighted by molar-refractivity contribution is 5.14. The van der Waals surface area contributed by atoms with Gasteiger partial charge < -0.3 is 10.0 Å². The Balaban J connectivity index is 1.79. The Morgan fingerprint density at radius 1 is 1.24 bits per heavy atom. The lowest BCUT2D eigenvalue weighted by molar-refractivity contribution is 0.0871. The van der Waals surface area contributed by atoms with Crippen molar-refractivity contribution < 1.29 is 5.11 Å².